The molecule has 0 amide bonds. The fraction of sp³-hybridized carbons (Fsp3) is 0. The maximum absolute atomic E-state index is 11.0. The Labute approximate surface area is 97.2 Å². The molecule has 0 radical (unpaired) electrons. The van der Waals surface area contributed by atoms with Crippen molar-refractivity contribution in [1.82, 2.24) is 0 Å². The van der Waals surface area contributed by atoms with Crippen molar-refractivity contribution in [2.45, 2.75) is 4.90 Å². The molecule has 1 aromatic heterocycles. The molecular formula is C12H8O4S. The van der Waals surface area contributed by atoms with Gasteiger partial charge in [0.1, 0.15) is 11.2 Å². The zero-order valence-corrected chi connectivity index (χ0v) is 9.44. The van der Waals surface area contributed by atoms with E-state index in [2.05, 4.69) is 0 Å². The van der Waals surface area contributed by atoms with E-state index in [1.54, 1.807) is 6.07 Å². The lowest BCUT2D eigenvalue weighted by atomic mass is 10.2. The topological polar surface area (TPSA) is 67.5 Å². The summed E-state index contributed by atoms with van der Waals surface area (Å²) in [7, 11) is -4.19. The Morgan fingerprint density at radius 2 is 1.65 bits per heavy atom. The monoisotopic (exact) mass is 248 g/mol. The highest BCUT2D eigenvalue weighted by Gasteiger charge is 2.13. The van der Waals surface area contributed by atoms with Gasteiger partial charge >= 0.3 is 0 Å². The number of hydrogen-bond donors (Lipinski definition) is 1. The summed E-state index contributed by atoms with van der Waals surface area (Å²) in [6.45, 7) is 0. The summed E-state index contributed by atoms with van der Waals surface area (Å²) < 4.78 is 36.5. The van der Waals surface area contributed by atoms with E-state index in [-0.39, 0.29) is 4.90 Å². The van der Waals surface area contributed by atoms with Crippen LogP contribution < -0.4 is 0 Å². The normalized spacial score (nSPS) is 12.3. The van der Waals surface area contributed by atoms with Crippen molar-refractivity contribution in [3.8, 4) is 0 Å². The average molecular weight is 248 g/mol. The second-order valence-corrected chi connectivity index (χ2v) is 5.15. The predicted molar refractivity (Wildman–Crippen MR) is 63.5 cm³/mol. The van der Waals surface area contributed by atoms with E-state index in [9.17, 15) is 8.42 Å². The summed E-state index contributed by atoms with van der Waals surface area (Å²) in [4.78, 5) is -0.163. The van der Waals surface area contributed by atoms with Gasteiger partial charge in [0.05, 0.1) is 4.90 Å². The Kier molecular flexibility index (Phi) is 2.01. The molecule has 0 unspecified atom stereocenters. The van der Waals surface area contributed by atoms with Gasteiger partial charge in [-0.25, -0.2) is 0 Å². The van der Waals surface area contributed by atoms with Crippen LogP contribution in [0.5, 0.6) is 0 Å². The summed E-state index contributed by atoms with van der Waals surface area (Å²) >= 11 is 0. The molecule has 0 atom stereocenters. The molecule has 0 fully saturated rings. The molecule has 86 valence electrons. The van der Waals surface area contributed by atoms with Crippen LogP contribution in [0.4, 0.5) is 0 Å². The van der Waals surface area contributed by atoms with Crippen LogP contribution in [0.2, 0.25) is 0 Å². The van der Waals surface area contributed by atoms with Gasteiger partial charge in [-0.05, 0) is 18.2 Å². The van der Waals surface area contributed by atoms with Gasteiger partial charge in [-0.15, -0.1) is 0 Å². The number of para-hydroxylation sites is 1. The second kappa shape index (κ2) is 3.32. The Hall–Kier alpha value is -1.85. The molecule has 1 N–H and O–H groups in total. The fourth-order valence-corrected chi connectivity index (χ4v) is 2.36. The van der Waals surface area contributed by atoms with Crippen molar-refractivity contribution >= 4 is 32.1 Å². The van der Waals surface area contributed by atoms with Gasteiger partial charge < -0.3 is 4.42 Å². The molecule has 0 aliphatic rings. The lowest BCUT2D eigenvalue weighted by molar-refractivity contribution is 0.483. The molecule has 4 nitrogen and oxygen atoms in total. The van der Waals surface area contributed by atoms with Gasteiger partial charge in [0.2, 0.25) is 0 Å². The van der Waals surface area contributed by atoms with Crippen LogP contribution in [0.1, 0.15) is 0 Å². The van der Waals surface area contributed by atoms with Gasteiger partial charge in [-0.2, -0.15) is 8.42 Å². The first kappa shape index (κ1) is 10.3. The standard InChI is InChI=1S/C12H8O4S/c13-17(14,15)8-5-6-10-9-3-1-2-4-11(9)16-12(10)7-8/h1-7H,(H,13,14,15). The van der Waals surface area contributed by atoms with Crippen LogP contribution in [-0.4, -0.2) is 13.0 Å². The SMILES string of the molecule is O=S(=O)(O)c1ccc2c(c1)oc1ccccc12. The molecule has 0 bridgehead atoms. The largest absolute Gasteiger partial charge is 0.456 e. The first-order chi connectivity index (χ1) is 8.05. The molecule has 0 aliphatic heterocycles. The smallest absolute Gasteiger partial charge is 0.294 e. The molecular weight excluding hydrogens is 240 g/mol. The van der Waals surface area contributed by atoms with Crippen molar-refractivity contribution < 1.29 is 17.4 Å². The van der Waals surface area contributed by atoms with Crippen LogP contribution in [0.25, 0.3) is 21.9 Å². The minimum atomic E-state index is -4.19. The maximum atomic E-state index is 11.0. The molecule has 1 heterocycles. The fourth-order valence-electron chi connectivity index (χ4n) is 1.87. The van der Waals surface area contributed by atoms with Crippen molar-refractivity contribution in [3.63, 3.8) is 0 Å². The average Bonchev–Trinajstić information content (AvgIpc) is 2.65. The highest BCUT2D eigenvalue weighted by atomic mass is 32.2. The lowest BCUT2D eigenvalue weighted by Crippen LogP contribution is -1.96. The third kappa shape index (κ3) is 1.60. The van der Waals surface area contributed by atoms with Crippen LogP contribution in [0.15, 0.2) is 51.8 Å². The van der Waals surface area contributed by atoms with Gasteiger partial charge in [0, 0.05) is 16.8 Å². The molecule has 0 spiro atoms. The molecule has 0 saturated carbocycles. The van der Waals surface area contributed by atoms with Gasteiger partial charge in [-0.1, -0.05) is 18.2 Å². The Balaban J connectivity index is 2.42. The van der Waals surface area contributed by atoms with E-state index in [1.165, 1.54) is 12.1 Å². The summed E-state index contributed by atoms with van der Waals surface area (Å²) in [6, 6.07) is 11.7. The summed E-state index contributed by atoms with van der Waals surface area (Å²) in [5, 5.41) is 1.75. The van der Waals surface area contributed by atoms with Gasteiger partial charge in [0.15, 0.2) is 0 Å². The third-order valence-corrected chi connectivity index (χ3v) is 3.50. The summed E-state index contributed by atoms with van der Waals surface area (Å²) in [5.74, 6) is 0. The van der Waals surface area contributed by atoms with E-state index in [1.807, 2.05) is 24.3 Å². The van der Waals surface area contributed by atoms with Crippen molar-refractivity contribution in [2.75, 3.05) is 0 Å². The number of benzene rings is 2. The minimum absolute atomic E-state index is 0.163. The quantitative estimate of drug-likeness (QED) is 0.672. The third-order valence-electron chi connectivity index (χ3n) is 2.65. The maximum Gasteiger partial charge on any atom is 0.294 e. The molecule has 3 rings (SSSR count). The van der Waals surface area contributed by atoms with E-state index in [4.69, 9.17) is 8.97 Å². The molecule has 17 heavy (non-hydrogen) atoms. The minimum Gasteiger partial charge on any atom is -0.456 e. The zero-order chi connectivity index (χ0) is 12.0. The zero-order valence-electron chi connectivity index (χ0n) is 8.62. The molecule has 0 aliphatic carbocycles. The van der Waals surface area contributed by atoms with Crippen molar-refractivity contribution in [3.05, 3.63) is 42.5 Å². The summed E-state index contributed by atoms with van der Waals surface area (Å²) in [6.07, 6.45) is 0. The van der Waals surface area contributed by atoms with Crippen LogP contribution in [-0.2, 0) is 10.1 Å². The Morgan fingerprint density at radius 1 is 0.941 bits per heavy atom. The summed E-state index contributed by atoms with van der Waals surface area (Å²) in [5.41, 5.74) is 1.14. The molecule has 0 saturated heterocycles. The Morgan fingerprint density at radius 3 is 2.41 bits per heavy atom. The number of rotatable bonds is 1. The first-order valence-corrected chi connectivity index (χ1v) is 6.38. The molecule has 3 aromatic rings. The molecule has 5 heteroatoms. The lowest BCUT2D eigenvalue weighted by Gasteiger charge is -1.95. The van der Waals surface area contributed by atoms with Crippen LogP contribution >= 0.6 is 0 Å². The predicted octanol–water partition coefficient (Wildman–Crippen LogP) is 2.83. The second-order valence-electron chi connectivity index (χ2n) is 3.73. The highest BCUT2D eigenvalue weighted by molar-refractivity contribution is 7.85. The van der Waals surface area contributed by atoms with Gasteiger partial charge in [-0.3, -0.25) is 4.55 Å². The van der Waals surface area contributed by atoms with Crippen molar-refractivity contribution in [1.29, 1.82) is 0 Å². The van der Waals surface area contributed by atoms with Crippen LogP contribution in [0.3, 0.4) is 0 Å². The van der Waals surface area contributed by atoms with Gasteiger partial charge in [0.25, 0.3) is 10.1 Å². The number of hydrogen-bond acceptors (Lipinski definition) is 3. The number of fused-ring (bicyclic) bond motifs is 3. The Bertz CT molecular complexity index is 815. The first-order valence-electron chi connectivity index (χ1n) is 4.94. The van der Waals surface area contributed by atoms with E-state index in [0.717, 1.165) is 10.8 Å². The highest BCUT2D eigenvalue weighted by Crippen LogP contribution is 2.29. The van der Waals surface area contributed by atoms with E-state index in [0.29, 0.717) is 11.2 Å². The molecule has 2 aromatic carbocycles. The van der Waals surface area contributed by atoms with E-state index >= 15 is 0 Å². The number of furan rings is 1. The van der Waals surface area contributed by atoms with E-state index < -0.39 is 10.1 Å². The van der Waals surface area contributed by atoms with Crippen molar-refractivity contribution in [2.24, 2.45) is 0 Å². The van der Waals surface area contributed by atoms with Crippen LogP contribution in [0, 0.1) is 0 Å².